The van der Waals surface area contributed by atoms with E-state index in [1.54, 1.807) is 27.9 Å². The number of nitrogens with one attached hydrogen (secondary N) is 2. The Hall–Kier alpha value is -2.87. The predicted molar refractivity (Wildman–Crippen MR) is 107 cm³/mol. The van der Waals surface area contributed by atoms with E-state index in [-0.39, 0.29) is 17.7 Å². The third kappa shape index (κ3) is 3.37. The summed E-state index contributed by atoms with van der Waals surface area (Å²) in [4.78, 5) is 38.6. The quantitative estimate of drug-likeness (QED) is 0.752. The van der Waals surface area contributed by atoms with Crippen LogP contribution in [-0.2, 0) is 4.79 Å². The van der Waals surface area contributed by atoms with Gasteiger partial charge in [-0.1, -0.05) is 31.5 Å². The number of likely N-dealkylation sites (tertiary alicyclic amines) is 1. The zero-order chi connectivity index (χ0) is 20.8. The van der Waals surface area contributed by atoms with Gasteiger partial charge in [0.1, 0.15) is 5.54 Å². The van der Waals surface area contributed by atoms with Crippen molar-refractivity contribution in [2.75, 3.05) is 13.1 Å². The van der Waals surface area contributed by atoms with Gasteiger partial charge in [-0.2, -0.15) is 5.10 Å². The number of imide groups is 1. The van der Waals surface area contributed by atoms with Crippen molar-refractivity contribution in [1.29, 1.82) is 0 Å². The third-order valence-electron chi connectivity index (χ3n) is 5.56. The molecule has 0 unspecified atom stereocenters. The molecular weight excluding hydrogens is 394 g/mol. The van der Waals surface area contributed by atoms with Crippen molar-refractivity contribution in [2.45, 2.75) is 38.1 Å². The second-order valence-electron chi connectivity index (χ2n) is 7.77. The Morgan fingerprint density at radius 3 is 2.55 bits per heavy atom. The van der Waals surface area contributed by atoms with E-state index in [1.807, 2.05) is 26.0 Å². The number of nitrogens with zero attached hydrogens (tertiary/aromatic N) is 3. The molecule has 0 saturated carbocycles. The van der Waals surface area contributed by atoms with Gasteiger partial charge < -0.3 is 10.2 Å². The Labute approximate surface area is 173 Å². The number of carbonyl (C=O) groups is 3. The number of amides is 4. The molecule has 29 heavy (non-hydrogen) atoms. The smallest absolute Gasteiger partial charge is 0.322 e. The Morgan fingerprint density at radius 2 is 1.97 bits per heavy atom. The number of rotatable bonds is 3. The lowest BCUT2D eigenvalue weighted by atomic mass is 9.87. The van der Waals surface area contributed by atoms with Crippen molar-refractivity contribution in [3.05, 3.63) is 46.7 Å². The molecule has 2 aliphatic rings. The van der Waals surface area contributed by atoms with Crippen LogP contribution >= 0.6 is 11.6 Å². The summed E-state index contributed by atoms with van der Waals surface area (Å²) in [5.74, 6) is -0.376. The molecule has 2 saturated heterocycles. The van der Waals surface area contributed by atoms with Crippen LogP contribution in [0, 0.1) is 0 Å². The van der Waals surface area contributed by atoms with Crippen LogP contribution in [0.1, 0.15) is 48.7 Å². The van der Waals surface area contributed by atoms with Crippen LogP contribution in [0.5, 0.6) is 0 Å². The van der Waals surface area contributed by atoms with Crippen molar-refractivity contribution in [2.24, 2.45) is 0 Å². The molecule has 0 radical (unpaired) electrons. The molecular formula is C20H22ClN5O3. The van der Waals surface area contributed by atoms with Crippen LogP contribution in [0.4, 0.5) is 4.79 Å². The van der Waals surface area contributed by atoms with Gasteiger partial charge in [-0.05, 0) is 37.0 Å². The van der Waals surface area contributed by atoms with E-state index >= 15 is 0 Å². The van der Waals surface area contributed by atoms with Crippen molar-refractivity contribution >= 4 is 29.4 Å². The minimum Gasteiger partial charge on any atom is -0.338 e. The first-order valence-corrected chi connectivity index (χ1v) is 9.95. The number of piperidine rings is 1. The van der Waals surface area contributed by atoms with E-state index in [0.717, 1.165) is 11.4 Å². The largest absolute Gasteiger partial charge is 0.338 e. The number of carbonyl (C=O) groups excluding carboxylic acids is 3. The second kappa shape index (κ2) is 7.18. The van der Waals surface area contributed by atoms with E-state index in [0.29, 0.717) is 36.5 Å². The molecule has 0 atom stereocenters. The molecule has 3 heterocycles. The third-order valence-corrected chi connectivity index (χ3v) is 5.79. The summed E-state index contributed by atoms with van der Waals surface area (Å²) in [6, 6.07) is 6.86. The molecule has 4 rings (SSSR count). The topological polar surface area (TPSA) is 96.3 Å². The van der Waals surface area contributed by atoms with Crippen molar-refractivity contribution in [3.8, 4) is 5.69 Å². The van der Waals surface area contributed by atoms with Crippen LogP contribution < -0.4 is 10.6 Å². The van der Waals surface area contributed by atoms with Gasteiger partial charge in [0.2, 0.25) is 0 Å². The van der Waals surface area contributed by atoms with E-state index in [2.05, 4.69) is 15.7 Å². The van der Waals surface area contributed by atoms with Crippen molar-refractivity contribution in [1.82, 2.24) is 25.3 Å². The van der Waals surface area contributed by atoms with Gasteiger partial charge in [-0.15, -0.1) is 0 Å². The average molecular weight is 416 g/mol. The molecule has 1 aromatic carbocycles. The molecule has 9 heteroatoms. The molecule has 2 aliphatic heterocycles. The van der Waals surface area contributed by atoms with Gasteiger partial charge in [0.15, 0.2) is 0 Å². The molecule has 1 spiro atoms. The van der Waals surface area contributed by atoms with Gasteiger partial charge in [0, 0.05) is 18.1 Å². The van der Waals surface area contributed by atoms with Crippen molar-refractivity contribution < 1.29 is 14.4 Å². The number of aromatic nitrogens is 2. The summed E-state index contributed by atoms with van der Waals surface area (Å²) in [7, 11) is 0. The van der Waals surface area contributed by atoms with Crippen molar-refractivity contribution in [3.63, 3.8) is 0 Å². The van der Waals surface area contributed by atoms with E-state index in [1.165, 1.54) is 0 Å². The normalized spacial score (nSPS) is 18.3. The van der Waals surface area contributed by atoms with E-state index in [9.17, 15) is 14.4 Å². The minimum absolute atomic E-state index is 0.0615. The number of hydrogen-bond acceptors (Lipinski definition) is 4. The number of halogens is 1. The SMILES string of the molecule is CC(C)c1c(C(=O)N2CCC3(CC2)NC(=O)NC3=O)cnn1-c1cccc(Cl)c1. The summed E-state index contributed by atoms with van der Waals surface area (Å²) >= 11 is 6.12. The van der Waals surface area contributed by atoms with Crippen LogP contribution in [0.3, 0.4) is 0 Å². The van der Waals surface area contributed by atoms with Gasteiger partial charge in [0.05, 0.1) is 23.1 Å². The summed E-state index contributed by atoms with van der Waals surface area (Å²) in [6.07, 6.45) is 2.36. The number of benzene rings is 1. The summed E-state index contributed by atoms with van der Waals surface area (Å²) < 4.78 is 1.75. The zero-order valence-corrected chi connectivity index (χ0v) is 17.0. The monoisotopic (exact) mass is 415 g/mol. The molecule has 1 aromatic heterocycles. The Kier molecular flexibility index (Phi) is 4.82. The zero-order valence-electron chi connectivity index (χ0n) is 16.2. The fraction of sp³-hybridized carbons (Fsp3) is 0.400. The standard InChI is InChI=1S/C20H22ClN5O3/c1-12(2)16-15(11-22-26(16)14-5-3-4-13(21)10-14)17(27)25-8-6-20(7-9-25)18(28)23-19(29)24-20/h3-5,10-12H,6-9H2,1-2H3,(H2,23,24,28,29). The van der Waals surface area contributed by atoms with Crippen LogP contribution in [0.2, 0.25) is 5.02 Å². The Bertz CT molecular complexity index is 992. The first kappa shape index (κ1) is 19.4. The number of hydrogen-bond donors (Lipinski definition) is 2. The summed E-state index contributed by atoms with van der Waals surface area (Å²) in [5, 5.41) is 10.0. The highest BCUT2D eigenvalue weighted by atomic mass is 35.5. The highest BCUT2D eigenvalue weighted by Crippen LogP contribution is 2.29. The highest BCUT2D eigenvalue weighted by Gasteiger charge is 2.48. The molecule has 2 fully saturated rings. The highest BCUT2D eigenvalue weighted by molar-refractivity contribution is 6.30. The van der Waals surface area contributed by atoms with Crippen LogP contribution in [0.25, 0.3) is 5.69 Å². The first-order chi connectivity index (χ1) is 13.8. The fourth-order valence-electron chi connectivity index (χ4n) is 4.03. The molecule has 8 nitrogen and oxygen atoms in total. The van der Waals surface area contributed by atoms with Gasteiger partial charge >= 0.3 is 6.03 Å². The van der Waals surface area contributed by atoms with Crippen LogP contribution in [0.15, 0.2) is 30.5 Å². The lowest BCUT2D eigenvalue weighted by Gasteiger charge is -2.37. The number of urea groups is 1. The molecule has 152 valence electrons. The maximum Gasteiger partial charge on any atom is 0.322 e. The minimum atomic E-state index is -0.903. The lowest BCUT2D eigenvalue weighted by Crippen LogP contribution is -2.55. The Morgan fingerprint density at radius 1 is 1.24 bits per heavy atom. The van der Waals surface area contributed by atoms with E-state index < -0.39 is 11.6 Å². The Balaban J connectivity index is 1.58. The maximum atomic E-state index is 13.2. The molecule has 4 amide bonds. The second-order valence-corrected chi connectivity index (χ2v) is 8.21. The first-order valence-electron chi connectivity index (χ1n) is 9.57. The van der Waals surface area contributed by atoms with Gasteiger partial charge in [0.25, 0.3) is 11.8 Å². The molecule has 2 aromatic rings. The molecule has 0 aliphatic carbocycles. The summed E-state index contributed by atoms with van der Waals surface area (Å²) in [6.45, 7) is 4.79. The predicted octanol–water partition coefficient (Wildman–Crippen LogP) is 2.46. The van der Waals surface area contributed by atoms with Crippen LogP contribution in [-0.4, -0.2) is 51.2 Å². The van der Waals surface area contributed by atoms with E-state index in [4.69, 9.17) is 11.6 Å². The average Bonchev–Trinajstić information content (AvgIpc) is 3.23. The molecule has 2 N–H and O–H groups in total. The van der Waals surface area contributed by atoms with Gasteiger partial charge in [-0.3, -0.25) is 14.9 Å². The summed E-state index contributed by atoms with van der Waals surface area (Å²) in [5.41, 5.74) is 1.24. The van der Waals surface area contributed by atoms with Gasteiger partial charge in [-0.25, -0.2) is 9.48 Å². The fourth-order valence-corrected chi connectivity index (χ4v) is 4.22. The lowest BCUT2D eigenvalue weighted by molar-refractivity contribution is -0.125. The molecule has 0 bridgehead atoms. The maximum absolute atomic E-state index is 13.2.